The van der Waals surface area contributed by atoms with Crippen LogP contribution in [-0.2, 0) is 6.42 Å². The van der Waals surface area contributed by atoms with Gasteiger partial charge in [-0.2, -0.15) is 0 Å². The van der Waals surface area contributed by atoms with Crippen LogP contribution in [0, 0.1) is 0 Å². The molecule has 0 spiro atoms. The number of halogens is 1. The number of nitrogens with zero attached hydrogens (tertiary/aromatic N) is 1. The van der Waals surface area contributed by atoms with E-state index in [2.05, 4.69) is 31.1 Å². The van der Waals surface area contributed by atoms with Gasteiger partial charge in [-0.25, -0.2) is 4.98 Å². The average Bonchev–Trinajstić information content (AvgIpc) is 2.83. The quantitative estimate of drug-likeness (QED) is 0.834. The van der Waals surface area contributed by atoms with Crippen molar-refractivity contribution in [1.82, 2.24) is 10.3 Å². The second kappa shape index (κ2) is 6.42. The lowest BCUT2D eigenvalue weighted by atomic mass is 10.1. The standard InChI is InChI=1S/C16H21ClN2O/c1-16(2,3)19-10-4-5-15-18-11-14(20-15)12-6-8-13(17)9-7-12/h6-9,11,19H,4-5,10H2,1-3H3. The van der Waals surface area contributed by atoms with Crippen molar-refractivity contribution in [2.75, 3.05) is 6.54 Å². The van der Waals surface area contributed by atoms with E-state index >= 15 is 0 Å². The van der Waals surface area contributed by atoms with Crippen molar-refractivity contribution in [2.24, 2.45) is 0 Å². The molecule has 4 heteroatoms. The number of oxazole rings is 1. The lowest BCUT2D eigenvalue weighted by molar-refractivity contribution is 0.412. The first-order chi connectivity index (χ1) is 9.44. The van der Waals surface area contributed by atoms with E-state index in [4.69, 9.17) is 16.0 Å². The fraction of sp³-hybridized carbons (Fsp3) is 0.438. The van der Waals surface area contributed by atoms with Crippen LogP contribution in [-0.4, -0.2) is 17.1 Å². The molecule has 0 unspecified atom stereocenters. The van der Waals surface area contributed by atoms with Crippen LogP contribution >= 0.6 is 11.6 Å². The third kappa shape index (κ3) is 4.66. The third-order valence-corrected chi connectivity index (χ3v) is 3.16. The molecule has 3 nitrogen and oxygen atoms in total. The predicted molar refractivity (Wildman–Crippen MR) is 83.0 cm³/mol. The zero-order valence-electron chi connectivity index (χ0n) is 12.2. The molecule has 2 rings (SSSR count). The van der Waals surface area contributed by atoms with Crippen LogP contribution in [0.15, 0.2) is 34.9 Å². The predicted octanol–water partition coefficient (Wildman–Crippen LogP) is 4.32. The van der Waals surface area contributed by atoms with Crippen molar-refractivity contribution in [1.29, 1.82) is 0 Å². The van der Waals surface area contributed by atoms with Crippen LogP contribution in [0.1, 0.15) is 33.1 Å². The fourth-order valence-electron chi connectivity index (χ4n) is 1.88. The summed E-state index contributed by atoms with van der Waals surface area (Å²) in [4.78, 5) is 4.32. The van der Waals surface area contributed by atoms with Gasteiger partial charge in [0.15, 0.2) is 11.7 Å². The largest absolute Gasteiger partial charge is 0.441 e. The monoisotopic (exact) mass is 292 g/mol. The van der Waals surface area contributed by atoms with Gasteiger partial charge in [0.2, 0.25) is 0 Å². The van der Waals surface area contributed by atoms with E-state index in [9.17, 15) is 0 Å². The summed E-state index contributed by atoms with van der Waals surface area (Å²) in [5.41, 5.74) is 1.16. The van der Waals surface area contributed by atoms with Gasteiger partial charge in [-0.15, -0.1) is 0 Å². The highest BCUT2D eigenvalue weighted by Crippen LogP contribution is 2.22. The van der Waals surface area contributed by atoms with Crippen molar-refractivity contribution in [3.63, 3.8) is 0 Å². The molecule has 0 aliphatic heterocycles. The van der Waals surface area contributed by atoms with E-state index in [1.54, 1.807) is 6.20 Å². The zero-order valence-corrected chi connectivity index (χ0v) is 13.0. The first-order valence-electron chi connectivity index (χ1n) is 6.90. The Kier molecular flexibility index (Phi) is 4.84. The van der Waals surface area contributed by atoms with Crippen molar-refractivity contribution in [2.45, 2.75) is 39.2 Å². The van der Waals surface area contributed by atoms with Crippen LogP contribution in [0.25, 0.3) is 11.3 Å². The molecular weight excluding hydrogens is 272 g/mol. The Morgan fingerprint density at radius 2 is 1.90 bits per heavy atom. The van der Waals surface area contributed by atoms with Crippen LogP contribution in [0.3, 0.4) is 0 Å². The van der Waals surface area contributed by atoms with Gasteiger partial charge in [-0.05, 0) is 58.0 Å². The van der Waals surface area contributed by atoms with Gasteiger partial charge in [0.1, 0.15) is 0 Å². The minimum atomic E-state index is 0.158. The minimum Gasteiger partial charge on any atom is -0.441 e. The number of aryl methyl sites for hydroxylation is 1. The summed E-state index contributed by atoms with van der Waals surface area (Å²) in [7, 11) is 0. The van der Waals surface area contributed by atoms with Crippen molar-refractivity contribution < 1.29 is 4.42 Å². The van der Waals surface area contributed by atoms with E-state index in [0.717, 1.165) is 41.6 Å². The molecule has 0 fully saturated rings. The van der Waals surface area contributed by atoms with Gasteiger partial charge < -0.3 is 9.73 Å². The number of aromatic nitrogens is 1. The maximum Gasteiger partial charge on any atom is 0.194 e. The smallest absolute Gasteiger partial charge is 0.194 e. The molecule has 0 aliphatic carbocycles. The van der Waals surface area contributed by atoms with Gasteiger partial charge in [-0.1, -0.05) is 11.6 Å². The SMILES string of the molecule is CC(C)(C)NCCCc1ncc(-c2ccc(Cl)cc2)o1. The number of nitrogens with one attached hydrogen (secondary N) is 1. The number of benzene rings is 1. The molecule has 1 N–H and O–H groups in total. The van der Waals surface area contributed by atoms with Gasteiger partial charge >= 0.3 is 0 Å². The molecule has 0 saturated carbocycles. The normalized spacial score (nSPS) is 11.8. The number of rotatable bonds is 5. The summed E-state index contributed by atoms with van der Waals surface area (Å²) in [6.45, 7) is 7.45. The summed E-state index contributed by atoms with van der Waals surface area (Å²) in [5.74, 6) is 1.58. The summed E-state index contributed by atoms with van der Waals surface area (Å²) < 4.78 is 5.76. The second-order valence-electron chi connectivity index (χ2n) is 5.91. The molecule has 2 aromatic rings. The van der Waals surface area contributed by atoms with Gasteiger partial charge in [0, 0.05) is 22.5 Å². The van der Waals surface area contributed by atoms with Crippen LogP contribution in [0.5, 0.6) is 0 Å². The Morgan fingerprint density at radius 1 is 1.20 bits per heavy atom. The maximum atomic E-state index is 5.87. The lowest BCUT2D eigenvalue weighted by Gasteiger charge is -2.19. The van der Waals surface area contributed by atoms with Gasteiger partial charge in [-0.3, -0.25) is 0 Å². The highest BCUT2D eigenvalue weighted by atomic mass is 35.5. The first-order valence-corrected chi connectivity index (χ1v) is 7.27. The van der Waals surface area contributed by atoms with E-state index in [1.165, 1.54) is 0 Å². The third-order valence-electron chi connectivity index (χ3n) is 2.91. The minimum absolute atomic E-state index is 0.158. The molecule has 1 aromatic heterocycles. The van der Waals surface area contributed by atoms with Crippen LogP contribution in [0.2, 0.25) is 5.02 Å². The highest BCUT2D eigenvalue weighted by Gasteiger charge is 2.09. The molecule has 20 heavy (non-hydrogen) atoms. The molecule has 1 aromatic carbocycles. The van der Waals surface area contributed by atoms with Crippen molar-refractivity contribution in [3.8, 4) is 11.3 Å². The topological polar surface area (TPSA) is 38.1 Å². The molecule has 0 amide bonds. The summed E-state index contributed by atoms with van der Waals surface area (Å²) in [5, 5.41) is 4.18. The zero-order chi connectivity index (χ0) is 14.6. The van der Waals surface area contributed by atoms with Gasteiger partial charge in [0.25, 0.3) is 0 Å². The summed E-state index contributed by atoms with van der Waals surface area (Å²) in [6, 6.07) is 7.58. The number of hydrogen-bond donors (Lipinski definition) is 1. The number of hydrogen-bond acceptors (Lipinski definition) is 3. The molecule has 1 heterocycles. The highest BCUT2D eigenvalue weighted by molar-refractivity contribution is 6.30. The Hall–Kier alpha value is -1.32. The Morgan fingerprint density at radius 3 is 2.55 bits per heavy atom. The molecule has 0 bridgehead atoms. The molecule has 0 saturated heterocycles. The Bertz CT molecular complexity index is 540. The van der Waals surface area contributed by atoms with Gasteiger partial charge in [0.05, 0.1) is 6.20 Å². The van der Waals surface area contributed by atoms with E-state index in [1.807, 2.05) is 24.3 Å². The molecule has 0 radical (unpaired) electrons. The maximum absolute atomic E-state index is 5.87. The van der Waals surface area contributed by atoms with Crippen LogP contribution in [0.4, 0.5) is 0 Å². The van der Waals surface area contributed by atoms with Crippen molar-refractivity contribution in [3.05, 3.63) is 41.4 Å². The fourth-order valence-corrected chi connectivity index (χ4v) is 2.00. The van der Waals surface area contributed by atoms with Crippen LogP contribution < -0.4 is 5.32 Å². The van der Waals surface area contributed by atoms with Crippen molar-refractivity contribution >= 4 is 11.6 Å². The summed E-state index contributed by atoms with van der Waals surface area (Å²) >= 11 is 5.87. The molecule has 0 atom stereocenters. The molecular formula is C16H21ClN2O. The first kappa shape index (κ1) is 15.1. The molecule has 0 aliphatic rings. The Balaban J connectivity index is 1.88. The van der Waals surface area contributed by atoms with E-state index in [-0.39, 0.29) is 5.54 Å². The van der Waals surface area contributed by atoms with E-state index in [0.29, 0.717) is 0 Å². The average molecular weight is 293 g/mol. The summed E-state index contributed by atoms with van der Waals surface area (Å²) in [6.07, 6.45) is 3.63. The van der Waals surface area contributed by atoms with E-state index < -0.39 is 0 Å². The molecule has 108 valence electrons. The lowest BCUT2D eigenvalue weighted by Crippen LogP contribution is -2.36. The Labute approximate surface area is 125 Å². The second-order valence-corrected chi connectivity index (χ2v) is 6.34.